The van der Waals surface area contributed by atoms with E-state index in [-0.39, 0.29) is 12.5 Å². The van der Waals surface area contributed by atoms with Gasteiger partial charge >= 0.3 is 0 Å². The highest BCUT2D eigenvalue weighted by atomic mass is 35.5. The molecule has 30 heavy (non-hydrogen) atoms. The zero-order valence-corrected chi connectivity index (χ0v) is 18.8. The summed E-state index contributed by atoms with van der Waals surface area (Å²) in [6.45, 7) is 7.83. The zero-order chi connectivity index (χ0) is 21.8. The normalized spacial score (nSPS) is 11.9. The van der Waals surface area contributed by atoms with Crippen LogP contribution in [0.5, 0.6) is 5.75 Å². The van der Waals surface area contributed by atoms with Gasteiger partial charge in [0.15, 0.2) is 5.82 Å². The number of hydrogen-bond donors (Lipinski definition) is 2. The lowest BCUT2D eigenvalue weighted by atomic mass is 10.1. The number of nitrogen functional groups attached to an aromatic ring is 1. The number of rotatable bonds is 7. The molecule has 0 aliphatic carbocycles. The van der Waals surface area contributed by atoms with Crippen molar-refractivity contribution >= 4 is 35.0 Å². The van der Waals surface area contributed by atoms with Gasteiger partial charge in [0.1, 0.15) is 12.4 Å². The number of hydrogen-bond acceptors (Lipinski definition) is 6. The smallest absolute Gasteiger partial charge is 0.237 e. The van der Waals surface area contributed by atoms with Gasteiger partial charge in [-0.3, -0.25) is 4.79 Å². The van der Waals surface area contributed by atoms with E-state index < -0.39 is 5.25 Å². The Bertz CT molecular complexity index is 1050. The van der Waals surface area contributed by atoms with Crippen LogP contribution in [0, 0.1) is 20.8 Å². The third-order valence-electron chi connectivity index (χ3n) is 4.60. The van der Waals surface area contributed by atoms with Crippen molar-refractivity contribution in [3.05, 3.63) is 63.9 Å². The number of thioether (sulfide) groups is 1. The molecule has 1 heterocycles. The van der Waals surface area contributed by atoms with E-state index in [1.807, 2.05) is 45.0 Å². The van der Waals surface area contributed by atoms with Crippen LogP contribution in [0.25, 0.3) is 0 Å². The zero-order valence-electron chi connectivity index (χ0n) is 17.3. The van der Waals surface area contributed by atoms with E-state index in [1.165, 1.54) is 16.4 Å². The van der Waals surface area contributed by atoms with Gasteiger partial charge in [0.05, 0.1) is 5.25 Å². The third kappa shape index (κ3) is 5.06. The maximum Gasteiger partial charge on any atom is 0.237 e. The van der Waals surface area contributed by atoms with E-state index >= 15 is 0 Å². The molecule has 1 amide bonds. The van der Waals surface area contributed by atoms with E-state index in [0.29, 0.717) is 21.7 Å². The molecular formula is C21H24ClN5O2S. The van der Waals surface area contributed by atoms with E-state index in [2.05, 4.69) is 15.5 Å². The monoisotopic (exact) mass is 445 g/mol. The molecule has 3 rings (SSSR count). The molecule has 0 saturated carbocycles. The van der Waals surface area contributed by atoms with Gasteiger partial charge in [-0.15, -0.1) is 10.2 Å². The summed E-state index contributed by atoms with van der Waals surface area (Å²) in [6, 6.07) is 11.3. The van der Waals surface area contributed by atoms with Crippen molar-refractivity contribution in [2.45, 2.75) is 44.7 Å². The fourth-order valence-corrected chi connectivity index (χ4v) is 3.79. The molecule has 0 fully saturated rings. The molecule has 3 N–H and O–H groups in total. The fraction of sp³-hybridized carbons (Fsp3) is 0.286. The standard InChI is InChI=1S/C21H24ClN5O2S/c1-12-8-9-16(22)10-17(12)24-20(28)15(4)30-21-26-25-18(27(21)23)11-29-19-13(2)6-5-7-14(19)3/h5-10,15H,11,23H2,1-4H3,(H,24,28). The van der Waals surface area contributed by atoms with Gasteiger partial charge in [0, 0.05) is 10.7 Å². The summed E-state index contributed by atoms with van der Waals surface area (Å²) >= 11 is 7.24. The quantitative estimate of drug-likeness (QED) is 0.416. The van der Waals surface area contributed by atoms with Gasteiger partial charge in [-0.25, -0.2) is 4.68 Å². The highest BCUT2D eigenvalue weighted by Gasteiger charge is 2.20. The molecular weight excluding hydrogens is 422 g/mol. The predicted octanol–water partition coefficient (Wildman–Crippen LogP) is 4.27. The molecule has 1 unspecified atom stereocenters. The highest BCUT2D eigenvalue weighted by molar-refractivity contribution is 8.00. The number of halogens is 1. The van der Waals surface area contributed by atoms with Gasteiger partial charge in [-0.2, -0.15) is 0 Å². The van der Waals surface area contributed by atoms with Crippen LogP contribution in [-0.2, 0) is 11.4 Å². The molecule has 0 radical (unpaired) electrons. The average molecular weight is 446 g/mol. The summed E-state index contributed by atoms with van der Waals surface area (Å²) < 4.78 is 7.25. The second kappa shape index (κ2) is 9.40. The van der Waals surface area contributed by atoms with Crippen molar-refractivity contribution in [1.29, 1.82) is 0 Å². The number of amides is 1. The van der Waals surface area contributed by atoms with Crippen LogP contribution < -0.4 is 15.9 Å². The van der Waals surface area contributed by atoms with Gasteiger partial charge < -0.3 is 15.9 Å². The number of ether oxygens (including phenoxy) is 1. The minimum Gasteiger partial charge on any atom is -0.485 e. The molecule has 9 heteroatoms. The first-order chi connectivity index (χ1) is 14.3. The Hall–Kier alpha value is -2.71. The van der Waals surface area contributed by atoms with Crippen LogP contribution in [0.3, 0.4) is 0 Å². The Balaban J connectivity index is 1.64. The number of para-hydroxylation sites is 1. The first-order valence-corrected chi connectivity index (χ1v) is 10.6. The molecule has 0 aliphatic heterocycles. The first kappa shape index (κ1) is 22.0. The van der Waals surface area contributed by atoms with Gasteiger partial charge in [-0.05, 0) is 56.5 Å². The van der Waals surface area contributed by atoms with Crippen molar-refractivity contribution < 1.29 is 9.53 Å². The van der Waals surface area contributed by atoms with E-state index in [1.54, 1.807) is 19.1 Å². The number of nitrogens with one attached hydrogen (secondary N) is 1. The molecule has 3 aromatic rings. The first-order valence-electron chi connectivity index (χ1n) is 9.38. The molecule has 0 spiro atoms. The Morgan fingerprint density at radius 3 is 2.60 bits per heavy atom. The van der Waals surface area contributed by atoms with E-state index in [0.717, 1.165) is 22.4 Å². The maximum atomic E-state index is 12.6. The largest absolute Gasteiger partial charge is 0.485 e. The molecule has 7 nitrogen and oxygen atoms in total. The summed E-state index contributed by atoms with van der Waals surface area (Å²) in [7, 11) is 0. The summed E-state index contributed by atoms with van der Waals surface area (Å²) in [5, 5.41) is 11.6. The average Bonchev–Trinajstić information content (AvgIpc) is 3.04. The Morgan fingerprint density at radius 2 is 1.90 bits per heavy atom. The lowest BCUT2D eigenvalue weighted by Crippen LogP contribution is -2.24. The predicted molar refractivity (Wildman–Crippen MR) is 121 cm³/mol. The van der Waals surface area contributed by atoms with Gasteiger partial charge in [-0.1, -0.05) is 47.6 Å². The third-order valence-corrected chi connectivity index (χ3v) is 5.89. The Labute approximate surface area is 184 Å². The van der Waals surface area contributed by atoms with Gasteiger partial charge in [0.25, 0.3) is 0 Å². The molecule has 158 valence electrons. The summed E-state index contributed by atoms with van der Waals surface area (Å²) in [6.07, 6.45) is 0. The number of benzene rings is 2. The lowest BCUT2D eigenvalue weighted by Gasteiger charge is -2.14. The number of carbonyl (C=O) groups excluding carboxylic acids is 1. The molecule has 1 aromatic heterocycles. The van der Waals surface area contributed by atoms with Crippen molar-refractivity contribution in [2.75, 3.05) is 11.2 Å². The number of nitrogens with zero attached hydrogens (tertiary/aromatic N) is 3. The highest BCUT2D eigenvalue weighted by Crippen LogP contribution is 2.26. The Morgan fingerprint density at radius 1 is 1.20 bits per heavy atom. The second-order valence-corrected chi connectivity index (χ2v) is 8.73. The minimum absolute atomic E-state index is 0.179. The molecule has 0 bridgehead atoms. The maximum absolute atomic E-state index is 12.6. The lowest BCUT2D eigenvalue weighted by molar-refractivity contribution is -0.115. The molecule has 2 aromatic carbocycles. The number of aromatic nitrogens is 3. The number of anilines is 1. The minimum atomic E-state index is -0.442. The number of aryl methyl sites for hydroxylation is 3. The Kier molecular flexibility index (Phi) is 6.89. The SMILES string of the molecule is Cc1ccc(Cl)cc1NC(=O)C(C)Sc1nnc(COc2c(C)cccc2C)n1N. The second-order valence-electron chi connectivity index (χ2n) is 6.99. The molecule has 0 aliphatic rings. The van der Waals surface area contributed by atoms with Gasteiger partial charge in [0.2, 0.25) is 11.1 Å². The van der Waals surface area contributed by atoms with Crippen molar-refractivity contribution in [3.63, 3.8) is 0 Å². The van der Waals surface area contributed by atoms with Crippen molar-refractivity contribution in [1.82, 2.24) is 14.9 Å². The van der Waals surface area contributed by atoms with E-state index in [4.69, 9.17) is 22.2 Å². The van der Waals surface area contributed by atoms with E-state index in [9.17, 15) is 4.79 Å². The van der Waals surface area contributed by atoms with Crippen LogP contribution in [0.2, 0.25) is 5.02 Å². The molecule has 0 saturated heterocycles. The molecule has 1 atom stereocenters. The number of nitrogens with two attached hydrogens (primary N) is 1. The summed E-state index contributed by atoms with van der Waals surface area (Å²) in [5.74, 6) is 7.23. The van der Waals surface area contributed by atoms with Crippen LogP contribution in [0.15, 0.2) is 41.6 Å². The van der Waals surface area contributed by atoms with Crippen molar-refractivity contribution in [3.8, 4) is 5.75 Å². The fourth-order valence-electron chi connectivity index (χ4n) is 2.82. The van der Waals surface area contributed by atoms with Crippen LogP contribution >= 0.6 is 23.4 Å². The van der Waals surface area contributed by atoms with Crippen LogP contribution in [-0.4, -0.2) is 26.0 Å². The topological polar surface area (TPSA) is 95.1 Å². The van der Waals surface area contributed by atoms with Crippen LogP contribution in [0.4, 0.5) is 5.69 Å². The number of carbonyl (C=O) groups is 1. The summed E-state index contributed by atoms with van der Waals surface area (Å²) in [4.78, 5) is 12.6. The van der Waals surface area contributed by atoms with Crippen molar-refractivity contribution in [2.24, 2.45) is 0 Å². The summed E-state index contributed by atoms with van der Waals surface area (Å²) in [5.41, 5.74) is 3.68. The van der Waals surface area contributed by atoms with Crippen LogP contribution in [0.1, 0.15) is 29.4 Å².